The Morgan fingerprint density at radius 3 is 2.38 bits per heavy atom. The Bertz CT molecular complexity index is 1590. The van der Waals surface area contributed by atoms with E-state index in [1.165, 1.54) is 23.1 Å². The molecule has 0 saturated carbocycles. The second-order valence-electron chi connectivity index (χ2n) is 8.87. The van der Waals surface area contributed by atoms with Crippen molar-refractivity contribution in [2.45, 2.75) is 16.6 Å². The van der Waals surface area contributed by atoms with Gasteiger partial charge in [0.2, 0.25) is 11.8 Å². The predicted octanol–water partition coefficient (Wildman–Crippen LogP) is 7.47. The smallest absolute Gasteiger partial charge is 0.244 e. The van der Waals surface area contributed by atoms with Gasteiger partial charge >= 0.3 is 0 Å². The highest BCUT2D eigenvalue weighted by atomic mass is 32.2. The van der Waals surface area contributed by atoms with E-state index in [-0.39, 0.29) is 18.2 Å². The van der Waals surface area contributed by atoms with Crippen molar-refractivity contribution in [3.8, 4) is 17.0 Å². The van der Waals surface area contributed by atoms with Gasteiger partial charge in [0, 0.05) is 21.5 Å². The van der Waals surface area contributed by atoms with E-state index >= 15 is 0 Å². The van der Waals surface area contributed by atoms with Crippen molar-refractivity contribution in [2.75, 3.05) is 17.7 Å². The minimum absolute atomic E-state index is 0.0969. The molecule has 5 rings (SSSR count). The Morgan fingerprint density at radius 1 is 0.875 bits per heavy atom. The number of thiazole rings is 1. The molecule has 5 aromatic rings. The van der Waals surface area contributed by atoms with E-state index in [0.29, 0.717) is 10.8 Å². The van der Waals surface area contributed by atoms with E-state index in [9.17, 15) is 9.59 Å². The summed E-state index contributed by atoms with van der Waals surface area (Å²) in [6.45, 7) is 0. The third-order valence-corrected chi connectivity index (χ3v) is 8.04. The van der Waals surface area contributed by atoms with Crippen molar-refractivity contribution in [1.29, 1.82) is 0 Å². The monoisotopic (exact) mass is 565 g/mol. The normalized spacial score (nSPS) is 11.4. The highest BCUT2D eigenvalue weighted by molar-refractivity contribution is 8.00. The number of hydrogen-bond donors (Lipinski definition) is 2. The van der Waals surface area contributed by atoms with Gasteiger partial charge in [0.15, 0.2) is 5.13 Å². The molecule has 1 heterocycles. The van der Waals surface area contributed by atoms with Crippen molar-refractivity contribution >= 4 is 45.7 Å². The topological polar surface area (TPSA) is 80.3 Å². The minimum Gasteiger partial charge on any atom is -0.496 e. The first-order chi connectivity index (χ1) is 19.6. The fourth-order valence-electron chi connectivity index (χ4n) is 4.15. The largest absolute Gasteiger partial charge is 0.496 e. The molecule has 8 heteroatoms. The molecule has 0 radical (unpaired) electrons. The van der Waals surface area contributed by atoms with Crippen LogP contribution in [0.5, 0.6) is 5.75 Å². The van der Waals surface area contributed by atoms with Crippen LogP contribution in [0.2, 0.25) is 0 Å². The summed E-state index contributed by atoms with van der Waals surface area (Å²) in [6, 6.07) is 34.4. The van der Waals surface area contributed by atoms with Crippen LogP contribution in [0.1, 0.15) is 16.4 Å². The average Bonchev–Trinajstić information content (AvgIpc) is 3.45. The van der Waals surface area contributed by atoms with Gasteiger partial charge in [-0.1, -0.05) is 78.9 Å². The highest BCUT2D eigenvalue weighted by Gasteiger charge is 2.24. The van der Waals surface area contributed by atoms with E-state index in [0.717, 1.165) is 33.0 Å². The number of ether oxygens (including phenoxy) is 1. The zero-order valence-corrected chi connectivity index (χ0v) is 23.4. The lowest BCUT2D eigenvalue weighted by molar-refractivity contribution is -0.116. The summed E-state index contributed by atoms with van der Waals surface area (Å²) in [5, 5.41) is 7.85. The summed E-state index contributed by atoms with van der Waals surface area (Å²) < 4.78 is 5.46. The van der Waals surface area contributed by atoms with Crippen molar-refractivity contribution in [2.24, 2.45) is 0 Å². The van der Waals surface area contributed by atoms with Gasteiger partial charge in [0.05, 0.1) is 19.2 Å². The maximum atomic E-state index is 13.6. The summed E-state index contributed by atoms with van der Waals surface area (Å²) in [7, 11) is 1.62. The lowest BCUT2D eigenvalue weighted by Crippen LogP contribution is -2.19. The number of rotatable bonds is 10. The molecule has 0 aliphatic rings. The third kappa shape index (κ3) is 6.97. The summed E-state index contributed by atoms with van der Waals surface area (Å²) in [6.07, 6.45) is 0.290. The van der Waals surface area contributed by atoms with Gasteiger partial charge in [0.25, 0.3) is 0 Å². The Labute approximate surface area is 241 Å². The van der Waals surface area contributed by atoms with Gasteiger partial charge < -0.3 is 15.4 Å². The van der Waals surface area contributed by atoms with Gasteiger partial charge in [-0.3, -0.25) is 9.59 Å². The molecule has 0 aliphatic heterocycles. The van der Waals surface area contributed by atoms with Crippen molar-refractivity contribution in [3.05, 3.63) is 126 Å². The molecular formula is C32H27N3O3S2. The maximum absolute atomic E-state index is 13.6. The van der Waals surface area contributed by atoms with Crippen LogP contribution in [-0.2, 0) is 16.0 Å². The van der Waals surface area contributed by atoms with Crippen LogP contribution in [0.4, 0.5) is 10.8 Å². The van der Waals surface area contributed by atoms with Crippen molar-refractivity contribution in [1.82, 2.24) is 4.98 Å². The van der Waals surface area contributed by atoms with E-state index in [4.69, 9.17) is 4.74 Å². The molecule has 0 spiro atoms. The molecule has 6 nitrogen and oxygen atoms in total. The summed E-state index contributed by atoms with van der Waals surface area (Å²) in [5.74, 6) is 0.440. The van der Waals surface area contributed by atoms with E-state index in [1.807, 2.05) is 115 Å². The van der Waals surface area contributed by atoms with Crippen LogP contribution in [0.3, 0.4) is 0 Å². The Kier molecular flexibility index (Phi) is 8.90. The number of methoxy groups -OCH3 is 1. The first-order valence-electron chi connectivity index (χ1n) is 12.6. The lowest BCUT2D eigenvalue weighted by Gasteiger charge is -2.17. The number of amides is 2. The van der Waals surface area contributed by atoms with Crippen molar-refractivity contribution < 1.29 is 14.3 Å². The Morgan fingerprint density at radius 2 is 1.60 bits per heavy atom. The molecule has 1 unspecified atom stereocenters. The summed E-state index contributed by atoms with van der Waals surface area (Å²) in [4.78, 5) is 31.7. The van der Waals surface area contributed by atoms with Crippen LogP contribution >= 0.6 is 23.1 Å². The van der Waals surface area contributed by atoms with E-state index in [1.54, 1.807) is 7.11 Å². The van der Waals surface area contributed by atoms with E-state index < -0.39 is 5.25 Å². The SMILES string of the molecule is COc1ccccc1-c1csc(NC(=O)C(Sc2cccc(NC(=O)Cc3ccccc3)c2)c2ccccc2)n1. The number of anilines is 2. The molecule has 1 aromatic heterocycles. The van der Waals surface area contributed by atoms with Gasteiger partial charge in [-0.05, 0) is 41.5 Å². The van der Waals surface area contributed by atoms with Gasteiger partial charge in [-0.15, -0.1) is 23.1 Å². The van der Waals surface area contributed by atoms with Crippen LogP contribution in [0.25, 0.3) is 11.3 Å². The molecule has 2 amide bonds. The van der Waals surface area contributed by atoms with Crippen LogP contribution < -0.4 is 15.4 Å². The molecular weight excluding hydrogens is 539 g/mol. The zero-order chi connectivity index (χ0) is 27.7. The fourth-order valence-corrected chi connectivity index (χ4v) is 5.95. The number of carbonyl (C=O) groups excluding carboxylic acids is 2. The number of para-hydroxylation sites is 1. The minimum atomic E-state index is -0.532. The molecule has 0 saturated heterocycles. The molecule has 0 bridgehead atoms. The Hall–Kier alpha value is -4.40. The number of hydrogen-bond acceptors (Lipinski definition) is 6. The fraction of sp³-hybridized carbons (Fsp3) is 0.0938. The molecule has 40 heavy (non-hydrogen) atoms. The molecule has 200 valence electrons. The zero-order valence-electron chi connectivity index (χ0n) is 21.7. The number of nitrogens with zero attached hydrogens (tertiary/aromatic N) is 1. The van der Waals surface area contributed by atoms with Gasteiger partial charge in [-0.2, -0.15) is 0 Å². The summed E-state index contributed by atoms with van der Waals surface area (Å²) >= 11 is 2.78. The highest BCUT2D eigenvalue weighted by Crippen LogP contribution is 2.38. The molecule has 0 fully saturated rings. The number of benzene rings is 4. The second-order valence-corrected chi connectivity index (χ2v) is 10.9. The van der Waals surface area contributed by atoms with E-state index in [2.05, 4.69) is 15.6 Å². The number of carbonyl (C=O) groups is 2. The number of aromatic nitrogens is 1. The summed E-state index contributed by atoms with van der Waals surface area (Å²) in [5.41, 5.74) is 4.09. The molecule has 0 aliphatic carbocycles. The first kappa shape index (κ1) is 27.2. The third-order valence-electron chi connectivity index (χ3n) is 6.04. The number of thioether (sulfide) groups is 1. The molecule has 4 aromatic carbocycles. The van der Waals surface area contributed by atoms with Crippen LogP contribution in [0, 0.1) is 0 Å². The quantitative estimate of drug-likeness (QED) is 0.172. The van der Waals surface area contributed by atoms with Crippen LogP contribution in [0.15, 0.2) is 119 Å². The second kappa shape index (κ2) is 13.1. The first-order valence-corrected chi connectivity index (χ1v) is 14.4. The standard InChI is InChI=1S/C32H27N3O3S2/c1-38-28-18-9-8-17-26(28)27-21-39-32(34-27)35-31(37)30(23-13-6-3-7-14-23)40-25-16-10-15-24(20-25)33-29(36)19-22-11-4-2-5-12-22/h2-18,20-21,30H,19H2,1H3,(H,33,36)(H,34,35,37). The average molecular weight is 566 g/mol. The van der Waals surface area contributed by atoms with Gasteiger partial charge in [0.1, 0.15) is 11.0 Å². The molecule has 2 N–H and O–H groups in total. The predicted molar refractivity (Wildman–Crippen MR) is 163 cm³/mol. The van der Waals surface area contributed by atoms with Gasteiger partial charge in [-0.25, -0.2) is 4.98 Å². The van der Waals surface area contributed by atoms with Crippen molar-refractivity contribution in [3.63, 3.8) is 0 Å². The molecule has 1 atom stereocenters. The lowest BCUT2D eigenvalue weighted by atomic mass is 10.1. The number of nitrogens with one attached hydrogen (secondary N) is 2. The maximum Gasteiger partial charge on any atom is 0.244 e. The van der Waals surface area contributed by atoms with Crippen LogP contribution in [-0.4, -0.2) is 23.9 Å². The Balaban J connectivity index is 1.31.